The van der Waals surface area contributed by atoms with E-state index in [9.17, 15) is 18.5 Å². The molecule has 0 fully saturated rings. The summed E-state index contributed by atoms with van der Waals surface area (Å²) in [5.74, 6) is 0. The van der Waals surface area contributed by atoms with Crippen LogP contribution in [0.1, 0.15) is 30.0 Å². The molecular weight excluding hydrogens is 392 g/mol. The minimum atomic E-state index is -3.82. The first-order chi connectivity index (χ1) is 13.8. The number of hydrogen-bond acceptors (Lipinski definition) is 6. The second-order valence-corrected chi connectivity index (χ2v) is 9.19. The van der Waals surface area contributed by atoms with E-state index in [1.807, 2.05) is 37.2 Å². The van der Waals surface area contributed by atoms with Gasteiger partial charge in [-0.05, 0) is 56.6 Å². The molecule has 2 N–H and O–H groups in total. The number of nitro benzene ring substituents is 1. The number of anilines is 1. The van der Waals surface area contributed by atoms with Crippen LogP contribution in [-0.2, 0) is 16.4 Å². The third kappa shape index (κ3) is 5.11. The highest BCUT2D eigenvalue weighted by atomic mass is 32.2. The number of likely N-dealkylation sites (N-methyl/N-ethyl adjacent to an activating group) is 1. The van der Waals surface area contributed by atoms with Crippen molar-refractivity contribution in [2.45, 2.75) is 30.2 Å². The minimum absolute atomic E-state index is 0.0423. The quantitative estimate of drug-likeness (QED) is 0.505. The Morgan fingerprint density at radius 1 is 1.21 bits per heavy atom. The first-order valence-corrected chi connectivity index (χ1v) is 11.0. The van der Waals surface area contributed by atoms with E-state index in [-0.39, 0.29) is 23.2 Å². The first kappa shape index (κ1) is 21.2. The van der Waals surface area contributed by atoms with Crippen LogP contribution >= 0.6 is 0 Å². The Morgan fingerprint density at radius 3 is 2.69 bits per heavy atom. The first-order valence-electron chi connectivity index (χ1n) is 9.55. The Kier molecular flexibility index (Phi) is 6.51. The third-order valence-corrected chi connectivity index (χ3v) is 6.49. The standard InChI is InChI=1S/C20H26N4O4S/c1-23(2)13-12-21-29(27,28)16-10-11-19(20(14-16)24(25)26)22-18-9-5-7-15-6-3-4-8-17(15)18/h3-4,6,8,10-11,14,18,21-22H,5,7,9,12-13H2,1-2H3/t18-/m1/s1. The van der Waals surface area contributed by atoms with Crippen molar-refractivity contribution in [2.24, 2.45) is 0 Å². The van der Waals surface area contributed by atoms with Crippen LogP contribution in [0.2, 0.25) is 0 Å². The molecule has 1 atom stereocenters. The molecule has 0 amide bonds. The lowest BCUT2D eigenvalue weighted by molar-refractivity contribution is -0.384. The van der Waals surface area contributed by atoms with Gasteiger partial charge >= 0.3 is 0 Å². The molecule has 0 aromatic heterocycles. The Balaban J connectivity index is 1.85. The van der Waals surface area contributed by atoms with E-state index >= 15 is 0 Å². The Labute approximate surface area is 171 Å². The molecule has 29 heavy (non-hydrogen) atoms. The van der Waals surface area contributed by atoms with Crippen LogP contribution in [0.15, 0.2) is 47.4 Å². The van der Waals surface area contributed by atoms with Crippen molar-refractivity contribution in [3.05, 3.63) is 63.7 Å². The fraction of sp³-hybridized carbons (Fsp3) is 0.400. The van der Waals surface area contributed by atoms with Gasteiger partial charge in [0.1, 0.15) is 5.69 Å². The highest BCUT2D eigenvalue weighted by Gasteiger charge is 2.25. The molecule has 0 spiro atoms. The predicted octanol–water partition coefficient (Wildman–Crippen LogP) is 2.92. The Hall–Kier alpha value is -2.49. The minimum Gasteiger partial charge on any atom is -0.373 e. The largest absolute Gasteiger partial charge is 0.373 e. The number of sulfonamides is 1. The molecule has 2 aromatic rings. The second-order valence-electron chi connectivity index (χ2n) is 7.43. The smallest absolute Gasteiger partial charge is 0.293 e. The molecule has 9 heteroatoms. The highest BCUT2D eigenvalue weighted by Crippen LogP contribution is 2.36. The van der Waals surface area contributed by atoms with Gasteiger partial charge in [0.2, 0.25) is 10.0 Å². The molecule has 3 rings (SSSR count). The van der Waals surface area contributed by atoms with Gasteiger partial charge in [-0.2, -0.15) is 0 Å². The van der Waals surface area contributed by atoms with Crippen LogP contribution in [0.3, 0.4) is 0 Å². The van der Waals surface area contributed by atoms with E-state index in [1.54, 1.807) is 0 Å². The average molecular weight is 419 g/mol. The lowest BCUT2D eigenvalue weighted by Gasteiger charge is -2.27. The van der Waals surface area contributed by atoms with Crippen LogP contribution in [0.25, 0.3) is 0 Å². The molecule has 1 aliphatic carbocycles. The van der Waals surface area contributed by atoms with Gasteiger partial charge in [0.05, 0.1) is 15.9 Å². The topological polar surface area (TPSA) is 105 Å². The fourth-order valence-corrected chi connectivity index (χ4v) is 4.57. The van der Waals surface area contributed by atoms with Gasteiger partial charge in [-0.25, -0.2) is 13.1 Å². The highest BCUT2D eigenvalue weighted by molar-refractivity contribution is 7.89. The number of hydrogen-bond donors (Lipinski definition) is 2. The molecule has 1 aliphatic rings. The Morgan fingerprint density at radius 2 is 1.97 bits per heavy atom. The zero-order valence-corrected chi connectivity index (χ0v) is 17.4. The number of nitrogens with one attached hydrogen (secondary N) is 2. The maximum atomic E-state index is 12.5. The summed E-state index contributed by atoms with van der Waals surface area (Å²) in [5, 5.41) is 14.9. The summed E-state index contributed by atoms with van der Waals surface area (Å²) < 4.78 is 27.4. The van der Waals surface area contributed by atoms with E-state index in [0.717, 1.165) is 30.9 Å². The number of fused-ring (bicyclic) bond motifs is 1. The SMILES string of the molecule is CN(C)CCNS(=O)(=O)c1ccc(N[C@@H]2CCCc3ccccc32)c([N+](=O)[O-])c1. The second kappa shape index (κ2) is 8.89. The molecule has 156 valence electrons. The molecule has 0 saturated heterocycles. The van der Waals surface area contributed by atoms with Gasteiger partial charge in [0.25, 0.3) is 5.69 Å². The van der Waals surface area contributed by atoms with Gasteiger partial charge < -0.3 is 10.2 Å². The van der Waals surface area contributed by atoms with E-state index in [2.05, 4.69) is 16.1 Å². The van der Waals surface area contributed by atoms with Crippen molar-refractivity contribution < 1.29 is 13.3 Å². The number of benzene rings is 2. The zero-order chi connectivity index (χ0) is 21.0. The van der Waals surface area contributed by atoms with Gasteiger partial charge in [0.15, 0.2) is 0 Å². The Bertz CT molecular complexity index is 992. The molecule has 0 aliphatic heterocycles. The average Bonchev–Trinajstić information content (AvgIpc) is 2.68. The normalized spacial score (nSPS) is 16.4. The van der Waals surface area contributed by atoms with Crippen molar-refractivity contribution >= 4 is 21.4 Å². The predicted molar refractivity (Wildman–Crippen MR) is 113 cm³/mol. The molecule has 0 heterocycles. The van der Waals surface area contributed by atoms with Crippen molar-refractivity contribution in [2.75, 3.05) is 32.5 Å². The number of aryl methyl sites for hydroxylation is 1. The van der Waals surface area contributed by atoms with Crippen molar-refractivity contribution in [1.82, 2.24) is 9.62 Å². The zero-order valence-electron chi connectivity index (χ0n) is 16.6. The molecule has 0 unspecified atom stereocenters. The number of rotatable bonds is 8. The molecular formula is C20H26N4O4S. The van der Waals surface area contributed by atoms with Gasteiger partial charge in [0, 0.05) is 19.2 Å². The van der Waals surface area contributed by atoms with Crippen molar-refractivity contribution in [3.8, 4) is 0 Å². The summed E-state index contributed by atoms with van der Waals surface area (Å²) in [6.45, 7) is 0.754. The summed E-state index contributed by atoms with van der Waals surface area (Å²) in [5.41, 5.74) is 2.45. The summed E-state index contributed by atoms with van der Waals surface area (Å²) in [4.78, 5) is 12.8. The van der Waals surface area contributed by atoms with Crippen LogP contribution in [0.5, 0.6) is 0 Å². The molecule has 0 radical (unpaired) electrons. The van der Waals surface area contributed by atoms with Gasteiger partial charge in [-0.3, -0.25) is 10.1 Å². The maximum absolute atomic E-state index is 12.5. The number of nitro groups is 1. The monoisotopic (exact) mass is 418 g/mol. The van der Waals surface area contributed by atoms with Crippen molar-refractivity contribution in [1.29, 1.82) is 0 Å². The van der Waals surface area contributed by atoms with Crippen LogP contribution in [-0.4, -0.2) is 45.4 Å². The van der Waals surface area contributed by atoms with Crippen LogP contribution in [0.4, 0.5) is 11.4 Å². The molecule has 2 aromatic carbocycles. The van der Waals surface area contributed by atoms with E-state index in [0.29, 0.717) is 12.2 Å². The lowest BCUT2D eigenvalue weighted by Crippen LogP contribution is -2.31. The fourth-order valence-electron chi connectivity index (χ4n) is 3.53. The molecule has 0 bridgehead atoms. The van der Waals surface area contributed by atoms with Crippen LogP contribution in [0, 0.1) is 10.1 Å². The number of nitrogens with zero attached hydrogens (tertiary/aromatic N) is 2. The summed E-state index contributed by atoms with van der Waals surface area (Å²) >= 11 is 0. The summed E-state index contributed by atoms with van der Waals surface area (Å²) in [7, 11) is -0.147. The van der Waals surface area contributed by atoms with Crippen molar-refractivity contribution in [3.63, 3.8) is 0 Å². The lowest BCUT2D eigenvalue weighted by atomic mass is 9.87. The van der Waals surface area contributed by atoms with E-state index in [4.69, 9.17) is 0 Å². The van der Waals surface area contributed by atoms with Gasteiger partial charge in [-0.15, -0.1) is 0 Å². The molecule has 8 nitrogen and oxygen atoms in total. The van der Waals surface area contributed by atoms with Gasteiger partial charge in [-0.1, -0.05) is 24.3 Å². The third-order valence-electron chi connectivity index (χ3n) is 5.03. The maximum Gasteiger partial charge on any atom is 0.293 e. The summed E-state index contributed by atoms with van der Waals surface area (Å²) in [6.07, 6.45) is 2.84. The van der Waals surface area contributed by atoms with Crippen LogP contribution < -0.4 is 10.0 Å². The van der Waals surface area contributed by atoms with E-state index < -0.39 is 14.9 Å². The summed E-state index contributed by atoms with van der Waals surface area (Å²) in [6, 6.07) is 12.0. The van der Waals surface area contributed by atoms with E-state index in [1.165, 1.54) is 17.7 Å². The molecule has 0 saturated carbocycles.